The van der Waals surface area contributed by atoms with Crippen molar-refractivity contribution in [2.75, 3.05) is 16.8 Å². The maximum Gasteiger partial charge on any atom is 0.109 e. The van der Waals surface area contributed by atoms with E-state index < -0.39 is 0 Å². The monoisotopic (exact) mass is 418 g/mol. The normalized spacial score (nSPS) is 29.4. The average Bonchev–Trinajstić information content (AvgIpc) is 3.06. The van der Waals surface area contributed by atoms with Gasteiger partial charge in [0.05, 0.1) is 11.4 Å². The molecule has 0 spiro atoms. The topological polar surface area (TPSA) is 6.48 Å². The fourth-order valence-corrected chi connectivity index (χ4v) is 7.02. The predicted molar refractivity (Wildman–Crippen MR) is 136 cm³/mol. The summed E-state index contributed by atoms with van der Waals surface area (Å²) in [5.41, 5.74) is 7.70. The highest BCUT2D eigenvalue weighted by Gasteiger charge is 2.57. The Balaban J connectivity index is 2.02. The maximum absolute atomic E-state index is 2.71. The van der Waals surface area contributed by atoms with Crippen molar-refractivity contribution >= 4 is 17.1 Å². The number of benzene rings is 2. The van der Waals surface area contributed by atoms with Crippen LogP contribution in [0.1, 0.15) is 84.8 Å². The molecule has 0 saturated heterocycles. The summed E-state index contributed by atoms with van der Waals surface area (Å²) in [4.78, 5) is 5.35. The highest BCUT2D eigenvalue weighted by atomic mass is 15.4. The van der Waals surface area contributed by atoms with Gasteiger partial charge in [0.25, 0.3) is 0 Å². The molecule has 4 unspecified atom stereocenters. The van der Waals surface area contributed by atoms with Crippen LogP contribution in [0.5, 0.6) is 0 Å². The first-order valence-corrected chi connectivity index (χ1v) is 12.6. The van der Waals surface area contributed by atoms with E-state index in [2.05, 4.69) is 101 Å². The van der Waals surface area contributed by atoms with Crippen LogP contribution in [-0.2, 0) is 11.8 Å². The molecule has 2 aromatic carbocycles. The van der Waals surface area contributed by atoms with Crippen molar-refractivity contribution in [3.05, 3.63) is 53.6 Å². The molecular formula is C29H42N2. The number of rotatable bonds is 6. The number of nitrogens with zero attached hydrogens (tertiary/aromatic N) is 2. The zero-order chi connectivity index (χ0) is 22.4. The second kappa shape index (κ2) is 8.19. The first-order valence-electron chi connectivity index (χ1n) is 12.6. The predicted octanol–water partition coefficient (Wildman–Crippen LogP) is 8.07. The number of aryl methyl sites for hydroxylation is 1. The van der Waals surface area contributed by atoms with Crippen LogP contribution in [0.4, 0.5) is 17.1 Å². The number of para-hydroxylation sites is 2. The second-order valence-corrected chi connectivity index (χ2v) is 10.3. The first-order chi connectivity index (χ1) is 14.9. The fourth-order valence-electron chi connectivity index (χ4n) is 7.02. The van der Waals surface area contributed by atoms with Crippen molar-refractivity contribution in [1.82, 2.24) is 0 Å². The van der Waals surface area contributed by atoms with Crippen molar-refractivity contribution in [1.29, 1.82) is 0 Å². The molecule has 2 nitrogen and oxygen atoms in total. The molecule has 0 aliphatic carbocycles. The van der Waals surface area contributed by atoms with Crippen LogP contribution in [0.2, 0.25) is 0 Å². The Bertz CT molecular complexity index is 934. The molecule has 168 valence electrons. The van der Waals surface area contributed by atoms with Crippen molar-refractivity contribution < 1.29 is 0 Å². The van der Waals surface area contributed by atoms with E-state index in [1.165, 1.54) is 66.7 Å². The number of unbranched alkanes of at least 4 members (excludes halogenated alkanes) is 1. The standard InChI is InChI=1S/C29H42N2/c1-8-12-16-21-17-15-20-25-26(21)30(7)27-22(9-2)28(5,10-3)29(6,11-4)23-18-13-14-19-24(23)31(25)27/h13-15,17-20,22,27H,8-12,16H2,1-7H3. The molecule has 0 aromatic heterocycles. The third-order valence-corrected chi connectivity index (χ3v) is 9.25. The smallest absolute Gasteiger partial charge is 0.109 e. The van der Waals surface area contributed by atoms with Gasteiger partial charge in [-0.05, 0) is 60.8 Å². The van der Waals surface area contributed by atoms with Crippen molar-refractivity contribution in [3.63, 3.8) is 0 Å². The summed E-state index contributed by atoms with van der Waals surface area (Å²) in [5.74, 6) is 0.575. The molecule has 0 fully saturated rings. The second-order valence-electron chi connectivity index (χ2n) is 10.3. The zero-order valence-corrected chi connectivity index (χ0v) is 20.8. The van der Waals surface area contributed by atoms with Gasteiger partial charge in [-0.3, -0.25) is 0 Å². The largest absolute Gasteiger partial charge is 0.352 e. The molecule has 2 aliphatic rings. The van der Waals surface area contributed by atoms with Crippen molar-refractivity contribution in [2.24, 2.45) is 11.3 Å². The summed E-state index contributed by atoms with van der Waals surface area (Å²) >= 11 is 0. The molecule has 0 N–H and O–H groups in total. The van der Waals surface area contributed by atoms with Crippen molar-refractivity contribution in [3.8, 4) is 0 Å². The molecule has 4 rings (SSSR count). The zero-order valence-electron chi connectivity index (χ0n) is 20.8. The summed E-state index contributed by atoms with van der Waals surface area (Å²) < 4.78 is 0. The van der Waals surface area contributed by atoms with Gasteiger partial charge in [0.2, 0.25) is 0 Å². The minimum Gasteiger partial charge on any atom is -0.352 e. The molecule has 0 saturated carbocycles. The SMILES string of the molecule is CCCCc1cccc2c1N(C)C1C(CC)C(C)(CC)C(C)(CC)c3ccccc3N21. The van der Waals surface area contributed by atoms with Gasteiger partial charge in [0, 0.05) is 24.1 Å². The van der Waals surface area contributed by atoms with Crippen LogP contribution >= 0.6 is 0 Å². The number of hydrogen-bond donors (Lipinski definition) is 0. The highest BCUT2D eigenvalue weighted by molar-refractivity contribution is 5.87. The summed E-state index contributed by atoms with van der Waals surface area (Å²) in [6.07, 6.45) is 7.58. The Labute approximate surface area is 190 Å². The molecule has 2 heteroatoms. The van der Waals surface area contributed by atoms with Gasteiger partial charge >= 0.3 is 0 Å². The number of anilines is 3. The highest BCUT2D eigenvalue weighted by Crippen LogP contribution is 2.62. The lowest BCUT2D eigenvalue weighted by Crippen LogP contribution is -2.53. The fraction of sp³-hybridized carbons (Fsp3) is 0.586. The van der Waals surface area contributed by atoms with E-state index in [4.69, 9.17) is 0 Å². The van der Waals surface area contributed by atoms with Crippen molar-refractivity contribution in [2.45, 2.75) is 91.6 Å². The van der Waals surface area contributed by atoms with Gasteiger partial charge in [0.1, 0.15) is 6.17 Å². The Morgan fingerprint density at radius 1 is 0.871 bits per heavy atom. The van der Waals surface area contributed by atoms with Gasteiger partial charge < -0.3 is 9.80 Å². The lowest BCUT2D eigenvalue weighted by atomic mass is 9.53. The molecule has 2 aromatic rings. The van der Waals surface area contributed by atoms with Gasteiger partial charge in [-0.1, -0.05) is 78.3 Å². The molecule has 31 heavy (non-hydrogen) atoms. The Hall–Kier alpha value is -1.96. The van der Waals surface area contributed by atoms with Crippen LogP contribution in [0.15, 0.2) is 42.5 Å². The van der Waals surface area contributed by atoms with E-state index in [1.807, 2.05) is 0 Å². The lowest BCUT2D eigenvalue weighted by Gasteiger charge is -2.52. The first kappa shape index (κ1) is 22.2. The lowest BCUT2D eigenvalue weighted by molar-refractivity contribution is 0.0475. The quantitative estimate of drug-likeness (QED) is 0.468. The summed E-state index contributed by atoms with van der Waals surface area (Å²) in [5, 5.41) is 0. The van der Waals surface area contributed by atoms with E-state index in [0.29, 0.717) is 12.1 Å². The molecule has 2 aliphatic heterocycles. The van der Waals surface area contributed by atoms with Crippen LogP contribution < -0.4 is 9.80 Å². The minimum atomic E-state index is 0.143. The van der Waals surface area contributed by atoms with E-state index in [9.17, 15) is 0 Å². The molecule has 0 amide bonds. The van der Waals surface area contributed by atoms with Crippen LogP contribution in [0.3, 0.4) is 0 Å². The van der Waals surface area contributed by atoms with Gasteiger partial charge in [0.15, 0.2) is 0 Å². The van der Waals surface area contributed by atoms with E-state index in [1.54, 1.807) is 0 Å². The van der Waals surface area contributed by atoms with Gasteiger partial charge in [-0.15, -0.1) is 0 Å². The van der Waals surface area contributed by atoms with Gasteiger partial charge in [-0.2, -0.15) is 0 Å². The molecule has 2 heterocycles. The Kier molecular flexibility index (Phi) is 5.87. The average molecular weight is 419 g/mol. The summed E-state index contributed by atoms with van der Waals surface area (Å²) in [6, 6.07) is 16.3. The minimum absolute atomic E-state index is 0.143. The Morgan fingerprint density at radius 3 is 2.23 bits per heavy atom. The molecular weight excluding hydrogens is 376 g/mol. The van der Waals surface area contributed by atoms with Crippen LogP contribution in [-0.4, -0.2) is 13.2 Å². The van der Waals surface area contributed by atoms with E-state index in [-0.39, 0.29) is 10.8 Å². The third-order valence-electron chi connectivity index (χ3n) is 9.25. The third kappa shape index (κ3) is 2.97. The van der Waals surface area contributed by atoms with Crippen LogP contribution in [0, 0.1) is 11.3 Å². The molecule has 4 atom stereocenters. The summed E-state index contributed by atoms with van der Waals surface area (Å²) in [6.45, 7) is 14.6. The van der Waals surface area contributed by atoms with E-state index in [0.717, 1.165) is 0 Å². The van der Waals surface area contributed by atoms with Gasteiger partial charge in [-0.25, -0.2) is 0 Å². The van der Waals surface area contributed by atoms with E-state index >= 15 is 0 Å². The Morgan fingerprint density at radius 2 is 1.58 bits per heavy atom. The number of fused-ring (bicyclic) bond motifs is 5. The number of hydrogen-bond acceptors (Lipinski definition) is 2. The van der Waals surface area contributed by atoms with Crippen LogP contribution in [0.25, 0.3) is 0 Å². The maximum atomic E-state index is 2.71. The molecule has 0 radical (unpaired) electrons. The summed E-state index contributed by atoms with van der Waals surface area (Å²) in [7, 11) is 2.36. The molecule has 0 bridgehead atoms.